The van der Waals surface area contributed by atoms with Crippen LogP contribution in [0.4, 0.5) is 4.79 Å². The van der Waals surface area contributed by atoms with Crippen LogP contribution in [-0.4, -0.2) is 82.4 Å². The van der Waals surface area contributed by atoms with E-state index in [1.54, 1.807) is 0 Å². The van der Waals surface area contributed by atoms with E-state index in [0.29, 0.717) is 26.4 Å². The third-order valence-electron chi connectivity index (χ3n) is 8.27. The molecule has 4 aliphatic heterocycles. The first-order valence-corrected chi connectivity index (χ1v) is 13.1. The van der Waals surface area contributed by atoms with Crippen LogP contribution in [0.1, 0.15) is 41.1 Å². The zero-order valence-corrected chi connectivity index (χ0v) is 20.6. The fourth-order valence-electron chi connectivity index (χ4n) is 6.34. The number of benzene rings is 1. The lowest BCUT2D eigenvalue weighted by molar-refractivity contribution is -0.00296. The van der Waals surface area contributed by atoms with Crippen molar-refractivity contribution in [2.75, 3.05) is 39.5 Å². The summed E-state index contributed by atoms with van der Waals surface area (Å²) < 4.78 is 11.6. The summed E-state index contributed by atoms with van der Waals surface area (Å²) in [5.41, 5.74) is 8.48. The number of aromatic nitrogens is 3. The van der Waals surface area contributed by atoms with Crippen LogP contribution in [0.15, 0.2) is 24.5 Å². The number of carbonyl (C=O) groups excluding carboxylic acids is 1. The number of fused-ring (bicyclic) bond motifs is 4. The first kappa shape index (κ1) is 22.2. The molecule has 3 unspecified atom stereocenters. The van der Waals surface area contributed by atoms with Crippen molar-refractivity contribution < 1.29 is 14.3 Å². The molecule has 7 rings (SSSR count). The number of carbonyl (C=O) groups is 1. The number of nitrogens with one attached hydrogen (secondary N) is 2. The molecule has 2 N–H and O–H groups in total. The Morgan fingerprint density at radius 1 is 1.14 bits per heavy atom. The first-order chi connectivity index (χ1) is 17.7. The van der Waals surface area contributed by atoms with Gasteiger partial charge in [0.1, 0.15) is 5.52 Å². The van der Waals surface area contributed by atoms with Crippen LogP contribution in [0.3, 0.4) is 0 Å². The second kappa shape index (κ2) is 8.83. The molecule has 2 bridgehead atoms. The topological polar surface area (TPSA) is 95.6 Å². The van der Waals surface area contributed by atoms with Crippen LogP contribution in [0.25, 0.3) is 22.4 Å². The van der Waals surface area contributed by atoms with Crippen LogP contribution in [-0.2, 0) is 22.4 Å². The lowest BCUT2D eigenvalue weighted by Crippen LogP contribution is -2.55. The number of urea groups is 1. The van der Waals surface area contributed by atoms with Gasteiger partial charge in [0, 0.05) is 31.4 Å². The lowest BCUT2D eigenvalue weighted by Gasteiger charge is -2.40. The molecule has 0 aliphatic carbocycles. The fraction of sp³-hybridized carbons (Fsp3) is 0.519. The van der Waals surface area contributed by atoms with Crippen LogP contribution in [0.5, 0.6) is 0 Å². The predicted molar refractivity (Wildman–Crippen MR) is 135 cm³/mol. The monoisotopic (exact) mass is 488 g/mol. The average Bonchev–Trinajstić information content (AvgIpc) is 3.42. The molecule has 2 aromatic heterocycles. The summed E-state index contributed by atoms with van der Waals surface area (Å²) in [5.74, 6) is 0. The molecule has 4 aliphatic rings. The summed E-state index contributed by atoms with van der Waals surface area (Å²) in [4.78, 5) is 30.5. The Morgan fingerprint density at radius 3 is 2.81 bits per heavy atom. The van der Waals surface area contributed by atoms with Gasteiger partial charge >= 0.3 is 6.03 Å². The Balaban J connectivity index is 1.25. The first-order valence-electron chi connectivity index (χ1n) is 13.1. The summed E-state index contributed by atoms with van der Waals surface area (Å²) in [6.45, 7) is 6.88. The number of amides is 2. The number of ether oxygens (including phenoxy) is 2. The van der Waals surface area contributed by atoms with E-state index in [1.165, 1.54) is 16.7 Å². The quantitative estimate of drug-likeness (QED) is 0.576. The normalized spacial score (nSPS) is 25.9. The van der Waals surface area contributed by atoms with Crippen molar-refractivity contribution in [3.05, 3.63) is 46.8 Å². The van der Waals surface area contributed by atoms with Gasteiger partial charge in [0.05, 0.1) is 56.4 Å². The minimum Gasteiger partial charge on any atom is -0.378 e. The number of morpholine rings is 2. The largest absolute Gasteiger partial charge is 0.378 e. The number of aryl methyl sites for hydroxylation is 1. The molecule has 188 valence electrons. The minimum atomic E-state index is 0.0905. The third-order valence-corrected chi connectivity index (χ3v) is 8.27. The van der Waals surface area contributed by atoms with E-state index in [0.717, 1.165) is 66.9 Å². The summed E-state index contributed by atoms with van der Waals surface area (Å²) in [6, 6.07) is 5.18. The Bertz CT molecular complexity index is 1300. The number of rotatable bonds is 2. The Hall–Kier alpha value is -3.01. The van der Waals surface area contributed by atoms with Gasteiger partial charge in [0.15, 0.2) is 5.65 Å². The van der Waals surface area contributed by atoms with Gasteiger partial charge in [0.2, 0.25) is 0 Å². The Labute approximate surface area is 210 Å². The molecule has 3 atom stereocenters. The molecule has 3 aromatic rings. The number of nitrogens with zero attached hydrogens (tertiary/aromatic N) is 4. The standard InChI is InChI=1S/C27H32N6O3/c1-16-10-29-26-25(16)31-23(11-30-26)18-8-17-4-6-32(27(34)33-19-2-3-20(33)14-36-13-19)12-22(17)21(9-18)24-15-35-7-5-28-24/h8-11,19-20,24,28H,2-7,12-15H2,1H3,(H,29,30). The zero-order chi connectivity index (χ0) is 24.2. The van der Waals surface area contributed by atoms with Gasteiger partial charge in [-0.2, -0.15) is 0 Å². The molecule has 1 aromatic carbocycles. The predicted octanol–water partition coefficient (Wildman–Crippen LogP) is 2.94. The van der Waals surface area contributed by atoms with E-state index in [2.05, 4.69) is 32.3 Å². The van der Waals surface area contributed by atoms with E-state index in [4.69, 9.17) is 14.5 Å². The molecule has 9 heteroatoms. The van der Waals surface area contributed by atoms with Crippen LogP contribution in [0.2, 0.25) is 0 Å². The second-order valence-electron chi connectivity index (χ2n) is 10.5. The molecule has 36 heavy (non-hydrogen) atoms. The number of aromatic amines is 1. The molecule has 3 saturated heterocycles. The summed E-state index contributed by atoms with van der Waals surface area (Å²) >= 11 is 0. The van der Waals surface area contributed by atoms with Crippen LogP contribution < -0.4 is 5.32 Å². The molecule has 3 fully saturated rings. The van der Waals surface area contributed by atoms with E-state index in [9.17, 15) is 4.79 Å². The van der Waals surface area contributed by atoms with Crippen molar-refractivity contribution in [3.63, 3.8) is 0 Å². The molecule has 0 spiro atoms. The molecule has 0 radical (unpaired) electrons. The number of hydrogen-bond donors (Lipinski definition) is 2. The van der Waals surface area contributed by atoms with Crippen molar-refractivity contribution in [2.24, 2.45) is 0 Å². The molecular weight excluding hydrogens is 456 g/mol. The minimum absolute atomic E-state index is 0.0905. The Morgan fingerprint density at radius 2 is 2.00 bits per heavy atom. The molecule has 6 heterocycles. The van der Waals surface area contributed by atoms with Crippen molar-refractivity contribution in [3.8, 4) is 11.3 Å². The van der Waals surface area contributed by atoms with E-state index in [1.807, 2.05) is 24.2 Å². The van der Waals surface area contributed by atoms with Crippen molar-refractivity contribution >= 4 is 17.2 Å². The highest BCUT2D eigenvalue weighted by atomic mass is 16.5. The highest BCUT2D eigenvalue weighted by Gasteiger charge is 2.42. The number of hydrogen-bond acceptors (Lipinski definition) is 6. The third kappa shape index (κ3) is 3.68. The Kier molecular flexibility index (Phi) is 5.45. The van der Waals surface area contributed by atoms with Gasteiger partial charge in [-0.25, -0.2) is 14.8 Å². The molecule has 0 saturated carbocycles. The van der Waals surface area contributed by atoms with Gasteiger partial charge in [-0.05, 0) is 60.6 Å². The average molecular weight is 489 g/mol. The molecule has 9 nitrogen and oxygen atoms in total. The van der Waals surface area contributed by atoms with Crippen LogP contribution in [0, 0.1) is 6.92 Å². The van der Waals surface area contributed by atoms with E-state index >= 15 is 0 Å². The zero-order valence-electron chi connectivity index (χ0n) is 20.6. The smallest absolute Gasteiger partial charge is 0.320 e. The number of H-pyrrole nitrogens is 1. The van der Waals surface area contributed by atoms with E-state index < -0.39 is 0 Å². The maximum absolute atomic E-state index is 13.7. The van der Waals surface area contributed by atoms with Gasteiger partial charge in [-0.15, -0.1) is 0 Å². The van der Waals surface area contributed by atoms with Gasteiger partial charge < -0.3 is 29.6 Å². The second-order valence-corrected chi connectivity index (χ2v) is 10.5. The SMILES string of the molecule is Cc1c[nH]c2ncc(-c3cc4c(c(C5COCCN5)c3)CN(C(=O)N3C5CCC3COC5)CC4)nc12. The van der Waals surface area contributed by atoms with Crippen molar-refractivity contribution in [1.82, 2.24) is 30.1 Å². The lowest BCUT2D eigenvalue weighted by atomic mass is 9.88. The van der Waals surface area contributed by atoms with Gasteiger partial charge in [0.25, 0.3) is 0 Å². The highest BCUT2D eigenvalue weighted by Crippen LogP contribution is 2.35. The summed E-state index contributed by atoms with van der Waals surface area (Å²) in [6.07, 6.45) is 6.72. The fourth-order valence-corrected chi connectivity index (χ4v) is 6.34. The maximum Gasteiger partial charge on any atom is 0.320 e. The maximum atomic E-state index is 13.7. The molecule has 2 amide bonds. The van der Waals surface area contributed by atoms with Crippen molar-refractivity contribution in [1.29, 1.82) is 0 Å². The van der Waals surface area contributed by atoms with Gasteiger partial charge in [-0.1, -0.05) is 0 Å². The van der Waals surface area contributed by atoms with E-state index in [-0.39, 0.29) is 24.2 Å². The van der Waals surface area contributed by atoms with Crippen molar-refractivity contribution in [2.45, 2.75) is 50.9 Å². The van der Waals surface area contributed by atoms with Gasteiger partial charge in [-0.3, -0.25) is 0 Å². The van der Waals surface area contributed by atoms with Crippen LogP contribution >= 0.6 is 0 Å². The summed E-state index contributed by atoms with van der Waals surface area (Å²) in [5, 5.41) is 3.63. The molecular formula is C27H32N6O3. The summed E-state index contributed by atoms with van der Waals surface area (Å²) in [7, 11) is 0. The highest BCUT2D eigenvalue weighted by molar-refractivity contribution is 5.79.